The number of carbonyl (C=O) groups is 1. The highest BCUT2D eigenvalue weighted by atomic mass is 32.2. The third kappa shape index (κ3) is 3.05. The van der Waals surface area contributed by atoms with E-state index in [0.717, 1.165) is 5.56 Å². The molecule has 0 unspecified atom stereocenters. The fraction of sp³-hybridized carbons (Fsp3) is 0.133. The average Bonchev–Trinajstić information content (AvgIpc) is 2.38. The third-order valence-corrected chi connectivity index (χ3v) is 4.46. The molecule has 5 heteroatoms. The number of rotatable bonds is 4. The Bertz CT molecular complexity index is 734. The van der Waals surface area contributed by atoms with Crippen LogP contribution in [0.1, 0.15) is 21.5 Å². The Kier molecular flexibility index (Phi) is 3.90. The number of nitrogens with one attached hydrogen (secondary N) is 1. The molecule has 20 heavy (non-hydrogen) atoms. The Balaban J connectivity index is 2.32. The summed E-state index contributed by atoms with van der Waals surface area (Å²) in [5, 5.41) is 0. The van der Waals surface area contributed by atoms with Crippen LogP contribution >= 0.6 is 0 Å². The van der Waals surface area contributed by atoms with Crippen molar-refractivity contribution in [3.63, 3.8) is 0 Å². The highest BCUT2D eigenvalue weighted by molar-refractivity contribution is 7.92. The molecule has 2 aromatic carbocycles. The lowest BCUT2D eigenvalue weighted by atomic mass is 10.2. The number of hydrogen-bond acceptors (Lipinski definition) is 3. The standard InChI is InChI=1S/C15H15NO3S/c1-11-3-8-15(12(2)9-11)20(18,19)16-14-6-4-13(10-17)5-7-14/h3-10,16H,1-2H3. The van der Waals surface area contributed by atoms with Gasteiger partial charge in [-0.25, -0.2) is 8.42 Å². The quantitative estimate of drug-likeness (QED) is 0.880. The van der Waals surface area contributed by atoms with Gasteiger partial charge in [0, 0.05) is 11.3 Å². The Morgan fingerprint density at radius 1 is 1.00 bits per heavy atom. The fourth-order valence-electron chi connectivity index (χ4n) is 1.94. The van der Waals surface area contributed by atoms with Crippen LogP contribution in [-0.4, -0.2) is 14.7 Å². The summed E-state index contributed by atoms with van der Waals surface area (Å²) in [7, 11) is -3.62. The minimum Gasteiger partial charge on any atom is -0.298 e. The maximum atomic E-state index is 12.3. The van der Waals surface area contributed by atoms with E-state index < -0.39 is 10.0 Å². The number of aryl methyl sites for hydroxylation is 2. The van der Waals surface area contributed by atoms with Crippen LogP contribution in [-0.2, 0) is 10.0 Å². The maximum Gasteiger partial charge on any atom is 0.262 e. The highest BCUT2D eigenvalue weighted by Crippen LogP contribution is 2.20. The molecule has 4 nitrogen and oxygen atoms in total. The molecule has 0 radical (unpaired) electrons. The number of aldehydes is 1. The van der Waals surface area contributed by atoms with Crippen LogP contribution < -0.4 is 4.72 Å². The number of hydrogen-bond donors (Lipinski definition) is 1. The first kappa shape index (κ1) is 14.3. The number of anilines is 1. The lowest BCUT2D eigenvalue weighted by molar-refractivity contribution is 0.112. The normalized spacial score (nSPS) is 11.1. The summed E-state index contributed by atoms with van der Waals surface area (Å²) in [6, 6.07) is 11.4. The van der Waals surface area contributed by atoms with Crippen LogP contribution in [0, 0.1) is 13.8 Å². The number of sulfonamides is 1. The van der Waals surface area contributed by atoms with E-state index in [1.54, 1.807) is 43.3 Å². The molecule has 0 aliphatic carbocycles. The minimum atomic E-state index is -3.62. The molecule has 0 amide bonds. The largest absolute Gasteiger partial charge is 0.298 e. The lowest BCUT2D eigenvalue weighted by Crippen LogP contribution is -2.14. The topological polar surface area (TPSA) is 63.2 Å². The van der Waals surface area contributed by atoms with Gasteiger partial charge >= 0.3 is 0 Å². The average molecular weight is 289 g/mol. The van der Waals surface area contributed by atoms with Crippen molar-refractivity contribution in [2.75, 3.05) is 4.72 Å². The molecule has 2 rings (SSSR count). The van der Waals surface area contributed by atoms with Crippen molar-refractivity contribution < 1.29 is 13.2 Å². The van der Waals surface area contributed by atoms with Crippen LogP contribution in [0.5, 0.6) is 0 Å². The lowest BCUT2D eigenvalue weighted by Gasteiger charge is -2.11. The highest BCUT2D eigenvalue weighted by Gasteiger charge is 2.16. The van der Waals surface area contributed by atoms with Gasteiger partial charge in [0.05, 0.1) is 4.90 Å². The monoisotopic (exact) mass is 289 g/mol. The minimum absolute atomic E-state index is 0.252. The second-order valence-corrected chi connectivity index (χ2v) is 6.27. The number of carbonyl (C=O) groups excluding carboxylic acids is 1. The molecule has 0 bridgehead atoms. The van der Waals surface area contributed by atoms with E-state index in [-0.39, 0.29) is 4.90 Å². The molecular formula is C15H15NO3S. The van der Waals surface area contributed by atoms with Gasteiger partial charge in [-0.3, -0.25) is 9.52 Å². The van der Waals surface area contributed by atoms with E-state index in [1.165, 1.54) is 0 Å². The molecule has 0 atom stereocenters. The molecule has 104 valence electrons. The summed E-state index contributed by atoms with van der Waals surface area (Å²) in [5.41, 5.74) is 2.63. The van der Waals surface area contributed by atoms with Gasteiger partial charge in [0.15, 0.2) is 0 Å². The van der Waals surface area contributed by atoms with Crippen LogP contribution in [0.2, 0.25) is 0 Å². The van der Waals surface area contributed by atoms with Crippen molar-refractivity contribution in [2.24, 2.45) is 0 Å². The van der Waals surface area contributed by atoms with E-state index in [4.69, 9.17) is 0 Å². The molecule has 2 aromatic rings. The second-order valence-electron chi connectivity index (χ2n) is 4.61. The summed E-state index contributed by atoms with van der Waals surface area (Å²) in [5.74, 6) is 0. The van der Waals surface area contributed by atoms with Crippen LogP contribution in [0.4, 0.5) is 5.69 Å². The van der Waals surface area contributed by atoms with Gasteiger partial charge in [0.2, 0.25) is 0 Å². The predicted octanol–water partition coefficient (Wildman–Crippen LogP) is 2.92. The second kappa shape index (κ2) is 5.46. The fourth-order valence-corrected chi connectivity index (χ4v) is 3.23. The molecule has 0 fully saturated rings. The van der Waals surface area contributed by atoms with E-state index in [0.29, 0.717) is 23.1 Å². The molecular weight excluding hydrogens is 274 g/mol. The molecule has 0 aliphatic heterocycles. The van der Waals surface area contributed by atoms with Gasteiger partial charge in [-0.15, -0.1) is 0 Å². The molecule has 0 saturated carbocycles. The van der Waals surface area contributed by atoms with Crippen molar-refractivity contribution in [2.45, 2.75) is 18.7 Å². The van der Waals surface area contributed by atoms with E-state index >= 15 is 0 Å². The van der Waals surface area contributed by atoms with Crippen molar-refractivity contribution in [1.82, 2.24) is 0 Å². The molecule has 0 aliphatic rings. The van der Waals surface area contributed by atoms with Crippen molar-refractivity contribution in [1.29, 1.82) is 0 Å². The Labute approximate surface area is 118 Å². The first-order valence-electron chi connectivity index (χ1n) is 6.08. The van der Waals surface area contributed by atoms with Gasteiger partial charge in [0.25, 0.3) is 10.0 Å². The first-order chi connectivity index (χ1) is 9.42. The van der Waals surface area contributed by atoms with Crippen LogP contribution in [0.3, 0.4) is 0 Å². The molecule has 0 heterocycles. The molecule has 0 aromatic heterocycles. The zero-order chi connectivity index (χ0) is 14.8. The van der Waals surface area contributed by atoms with Gasteiger partial charge in [-0.05, 0) is 49.7 Å². The zero-order valence-electron chi connectivity index (χ0n) is 11.3. The smallest absolute Gasteiger partial charge is 0.262 e. The van der Waals surface area contributed by atoms with Gasteiger partial charge in [-0.2, -0.15) is 0 Å². The Morgan fingerprint density at radius 3 is 2.20 bits per heavy atom. The Hall–Kier alpha value is -2.14. The summed E-state index contributed by atoms with van der Waals surface area (Å²) in [4.78, 5) is 10.8. The summed E-state index contributed by atoms with van der Waals surface area (Å²) < 4.78 is 27.1. The van der Waals surface area contributed by atoms with Crippen LogP contribution in [0.15, 0.2) is 47.4 Å². The van der Waals surface area contributed by atoms with Crippen molar-refractivity contribution in [3.8, 4) is 0 Å². The SMILES string of the molecule is Cc1ccc(S(=O)(=O)Nc2ccc(C=O)cc2)c(C)c1. The van der Waals surface area contributed by atoms with Gasteiger partial charge in [0.1, 0.15) is 6.29 Å². The Morgan fingerprint density at radius 2 is 1.65 bits per heavy atom. The maximum absolute atomic E-state index is 12.3. The predicted molar refractivity (Wildman–Crippen MR) is 78.6 cm³/mol. The summed E-state index contributed by atoms with van der Waals surface area (Å²) in [6.45, 7) is 3.67. The zero-order valence-corrected chi connectivity index (χ0v) is 12.1. The third-order valence-electron chi connectivity index (χ3n) is 2.92. The number of benzene rings is 2. The molecule has 0 saturated heterocycles. The molecule has 1 N–H and O–H groups in total. The summed E-state index contributed by atoms with van der Waals surface area (Å²) in [6.07, 6.45) is 0.711. The van der Waals surface area contributed by atoms with Crippen molar-refractivity contribution in [3.05, 3.63) is 59.2 Å². The van der Waals surface area contributed by atoms with E-state index in [1.807, 2.05) is 13.0 Å². The van der Waals surface area contributed by atoms with Gasteiger partial charge in [-0.1, -0.05) is 17.7 Å². The van der Waals surface area contributed by atoms with Crippen LogP contribution in [0.25, 0.3) is 0 Å². The van der Waals surface area contributed by atoms with Crippen molar-refractivity contribution >= 4 is 22.0 Å². The summed E-state index contributed by atoms with van der Waals surface area (Å²) >= 11 is 0. The van der Waals surface area contributed by atoms with Gasteiger partial charge < -0.3 is 0 Å². The van der Waals surface area contributed by atoms with E-state index in [2.05, 4.69) is 4.72 Å². The van der Waals surface area contributed by atoms with E-state index in [9.17, 15) is 13.2 Å². The first-order valence-corrected chi connectivity index (χ1v) is 7.56. The molecule has 0 spiro atoms.